The van der Waals surface area contributed by atoms with Crippen molar-refractivity contribution in [2.75, 3.05) is 6.61 Å². The first-order chi connectivity index (χ1) is 11.4. The van der Waals surface area contributed by atoms with Gasteiger partial charge in [0.2, 0.25) is 5.91 Å². The Morgan fingerprint density at radius 1 is 1.42 bits per heavy atom. The summed E-state index contributed by atoms with van der Waals surface area (Å²) < 4.78 is 5.04. The van der Waals surface area contributed by atoms with Gasteiger partial charge in [-0.3, -0.25) is 4.79 Å². The standard InChI is InChI=1S/C16H20N4O3S/c1-5-23-16(22)15-10(3)12(19-11(15)4)7-17-20-13(21)6-14-18-9(2)8-24-14/h7-8,19H,5-6H2,1-4H3,(H,20,21)/b17-7+. The molecule has 128 valence electrons. The van der Waals surface area contributed by atoms with Crippen LogP contribution >= 0.6 is 11.3 Å². The minimum Gasteiger partial charge on any atom is -0.462 e. The summed E-state index contributed by atoms with van der Waals surface area (Å²) in [6.07, 6.45) is 1.67. The van der Waals surface area contributed by atoms with Gasteiger partial charge in [0.25, 0.3) is 0 Å². The second-order valence-corrected chi connectivity index (χ2v) is 6.18. The van der Waals surface area contributed by atoms with Gasteiger partial charge in [-0.25, -0.2) is 15.2 Å². The summed E-state index contributed by atoms with van der Waals surface area (Å²) in [5.74, 6) is -0.612. The molecule has 0 unspecified atom stereocenters. The van der Waals surface area contributed by atoms with Crippen LogP contribution in [-0.4, -0.2) is 34.7 Å². The molecule has 7 nitrogen and oxygen atoms in total. The highest BCUT2D eigenvalue weighted by atomic mass is 32.1. The highest BCUT2D eigenvalue weighted by molar-refractivity contribution is 7.09. The van der Waals surface area contributed by atoms with Gasteiger partial charge < -0.3 is 9.72 Å². The van der Waals surface area contributed by atoms with Gasteiger partial charge in [0.1, 0.15) is 5.01 Å². The van der Waals surface area contributed by atoms with E-state index in [4.69, 9.17) is 4.74 Å². The molecule has 1 amide bonds. The van der Waals surface area contributed by atoms with E-state index < -0.39 is 0 Å². The van der Waals surface area contributed by atoms with Crippen molar-refractivity contribution in [1.82, 2.24) is 15.4 Å². The van der Waals surface area contributed by atoms with E-state index in [0.717, 1.165) is 16.3 Å². The fourth-order valence-electron chi connectivity index (χ4n) is 2.24. The zero-order valence-corrected chi connectivity index (χ0v) is 14.9. The molecular formula is C16H20N4O3S. The SMILES string of the molecule is CCOC(=O)c1c(C)[nH]c(/C=N/NC(=O)Cc2nc(C)cs2)c1C. The highest BCUT2D eigenvalue weighted by Gasteiger charge is 2.18. The van der Waals surface area contributed by atoms with Gasteiger partial charge in [0.15, 0.2) is 0 Å². The van der Waals surface area contributed by atoms with Crippen molar-refractivity contribution in [1.29, 1.82) is 0 Å². The van der Waals surface area contributed by atoms with Crippen LogP contribution in [0.25, 0.3) is 0 Å². The first kappa shape index (κ1) is 17.9. The molecule has 0 aliphatic carbocycles. The normalized spacial score (nSPS) is 11.0. The van der Waals surface area contributed by atoms with Crippen LogP contribution in [0.5, 0.6) is 0 Å². The zero-order valence-electron chi connectivity index (χ0n) is 14.1. The van der Waals surface area contributed by atoms with Crippen molar-refractivity contribution < 1.29 is 14.3 Å². The van der Waals surface area contributed by atoms with Gasteiger partial charge in [0, 0.05) is 16.8 Å². The zero-order chi connectivity index (χ0) is 17.7. The molecule has 8 heteroatoms. The molecule has 0 radical (unpaired) electrons. The van der Waals surface area contributed by atoms with Gasteiger partial charge in [-0.15, -0.1) is 11.3 Å². The monoisotopic (exact) mass is 348 g/mol. The first-order valence-electron chi connectivity index (χ1n) is 7.51. The maximum Gasteiger partial charge on any atom is 0.340 e. The van der Waals surface area contributed by atoms with E-state index in [0.29, 0.717) is 23.6 Å². The number of carbonyl (C=O) groups excluding carboxylic acids is 2. The molecule has 0 bridgehead atoms. The van der Waals surface area contributed by atoms with Crippen molar-refractivity contribution in [3.63, 3.8) is 0 Å². The van der Waals surface area contributed by atoms with Crippen LogP contribution in [0, 0.1) is 20.8 Å². The van der Waals surface area contributed by atoms with Gasteiger partial charge >= 0.3 is 5.97 Å². The Balaban J connectivity index is 2.00. The van der Waals surface area contributed by atoms with Gasteiger partial charge in [-0.05, 0) is 33.3 Å². The number of thiazole rings is 1. The number of aromatic nitrogens is 2. The minimum absolute atomic E-state index is 0.187. The summed E-state index contributed by atoms with van der Waals surface area (Å²) in [4.78, 5) is 31.0. The number of H-pyrrole nitrogens is 1. The molecule has 2 aromatic rings. The Labute approximate surface area is 144 Å². The molecule has 24 heavy (non-hydrogen) atoms. The lowest BCUT2D eigenvalue weighted by Gasteiger charge is -2.01. The molecular weight excluding hydrogens is 328 g/mol. The van der Waals surface area contributed by atoms with Crippen LogP contribution in [0.2, 0.25) is 0 Å². The minimum atomic E-state index is -0.369. The Morgan fingerprint density at radius 3 is 2.79 bits per heavy atom. The lowest BCUT2D eigenvalue weighted by molar-refractivity contribution is -0.120. The molecule has 0 aromatic carbocycles. The molecule has 2 N–H and O–H groups in total. The maximum absolute atomic E-state index is 11.9. The molecule has 2 heterocycles. The van der Waals surface area contributed by atoms with E-state index in [9.17, 15) is 9.59 Å². The van der Waals surface area contributed by atoms with E-state index in [1.807, 2.05) is 12.3 Å². The molecule has 2 rings (SSSR count). The van der Waals surface area contributed by atoms with Gasteiger partial charge in [-0.2, -0.15) is 5.10 Å². The molecule has 0 saturated heterocycles. The smallest absolute Gasteiger partial charge is 0.340 e. The fourth-order valence-corrected chi connectivity index (χ4v) is 3.01. The van der Waals surface area contributed by atoms with E-state index in [2.05, 4.69) is 20.5 Å². The van der Waals surface area contributed by atoms with E-state index >= 15 is 0 Å². The average molecular weight is 348 g/mol. The Kier molecular flexibility index (Phi) is 5.86. The number of hydrogen-bond acceptors (Lipinski definition) is 6. The largest absolute Gasteiger partial charge is 0.462 e. The molecule has 0 aliphatic rings. The Morgan fingerprint density at radius 2 is 2.17 bits per heavy atom. The number of ether oxygens (including phenoxy) is 1. The number of amides is 1. The fraction of sp³-hybridized carbons (Fsp3) is 0.375. The molecule has 0 atom stereocenters. The van der Waals surface area contributed by atoms with Crippen LogP contribution in [-0.2, 0) is 16.0 Å². The van der Waals surface area contributed by atoms with Gasteiger partial charge in [0.05, 0.1) is 30.5 Å². The number of nitrogens with one attached hydrogen (secondary N) is 2. The quantitative estimate of drug-likeness (QED) is 0.475. The number of hydrogen-bond donors (Lipinski definition) is 2. The average Bonchev–Trinajstić information content (AvgIpc) is 3.03. The first-order valence-corrected chi connectivity index (χ1v) is 8.39. The third kappa shape index (κ3) is 4.29. The number of carbonyl (C=O) groups is 2. The lowest BCUT2D eigenvalue weighted by Crippen LogP contribution is -2.19. The second kappa shape index (κ2) is 7.87. The summed E-state index contributed by atoms with van der Waals surface area (Å²) in [6.45, 7) is 7.56. The molecule has 0 saturated carbocycles. The topological polar surface area (TPSA) is 96.4 Å². The third-order valence-corrected chi connectivity index (χ3v) is 4.28. The van der Waals surface area contributed by atoms with Crippen molar-refractivity contribution >= 4 is 29.4 Å². The summed E-state index contributed by atoms with van der Waals surface area (Å²) in [5, 5.41) is 6.58. The molecule has 0 spiro atoms. The maximum atomic E-state index is 11.9. The summed E-state index contributed by atoms with van der Waals surface area (Å²) in [6, 6.07) is 0. The predicted molar refractivity (Wildman–Crippen MR) is 92.5 cm³/mol. The number of hydrazone groups is 1. The van der Waals surface area contributed by atoms with Gasteiger partial charge in [-0.1, -0.05) is 0 Å². The highest BCUT2D eigenvalue weighted by Crippen LogP contribution is 2.17. The molecule has 2 aromatic heterocycles. The number of rotatable bonds is 6. The van der Waals surface area contributed by atoms with Crippen LogP contribution in [0.4, 0.5) is 0 Å². The number of aryl methyl sites for hydroxylation is 2. The summed E-state index contributed by atoms with van der Waals surface area (Å²) in [5.41, 5.74) is 5.96. The Hall–Kier alpha value is -2.48. The van der Waals surface area contributed by atoms with Crippen molar-refractivity contribution in [2.45, 2.75) is 34.1 Å². The molecule has 0 fully saturated rings. The van der Waals surface area contributed by atoms with E-state index in [1.54, 1.807) is 20.8 Å². The lowest BCUT2D eigenvalue weighted by atomic mass is 10.1. The van der Waals surface area contributed by atoms with Crippen molar-refractivity contribution in [3.8, 4) is 0 Å². The number of aromatic amines is 1. The van der Waals surface area contributed by atoms with Crippen molar-refractivity contribution in [3.05, 3.63) is 38.6 Å². The van der Waals surface area contributed by atoms with Crippen LogP contribution < -0.4 is 5.43 Å². The molecule has 0 aliphatic heterocycles. The number of esters is 1. The third-order valence-electron chi connectivity index (χ3n) is 3.32. The summed E-state index contributed by atoms with van der Waals surface area (Å²) >= 11 is 1.44. The predicted octanol–water partition coefficient (Wildman–Crippen LogP) is 2.27. The van der Waals surface area contributed by atoms with Crippen LogP contribution in [0.1, 0.15) is 44.9 Å². The van der Waals surface area contributed by atoms with Crippen LogP contribution in [0.15, 0.2) is 10.5 Å². The van der Waals surface area contributed by atoms with Crippen molar-refractivity contribution in [2.24, 2.45) is 5.10 Å². The van der Waals surface area contributed by atoms with Crippen LogP contribution in [0.3, 0.4) is 0 Å². The Bertz CT molecular complexity index is 776. The second-order valence-electron chi connectivity index (χ2n) is 5.24. The van der Waals surface area contributed by atoms with E-state index in [1.165, 1.54) is 17.6 Å². The number of nitrogens with zero attached hydrogens (tertiary/aromatic N) is 2. The van der Waals surface area contributed by atoms with E-state index in [-0.39, 0.29) is 18.3 Å². The summed E-state index contributed by atoms with van der Waals surface area (Å²) in [7, 11) is 0.